The van der Waals surface area contributed by atoms with E-state index in [-0.39, 0.29) is 10.8 Å². The molecule has 0 fully saturated rings. The van der Waals surface area contributed by atoms with E-state index in [9.17, 15) is 0 Å². The monoisotopic (exact) mass is 703 g/mol. The minimum Gasteiger partial charge on any atom is -0.344 e. The summed E-state index contributed by atoms with van der Waals surface area (Å²) < 4.78 is 0. The van der Waals surface area contributed by atoms with Crippen LogP contribution in [0.4, 0.5) is 11.4 Å². The second-order valence-corrected chi connectivity index (χ2v) is 15.2. The second kappa shape index (κ2) is 18.7. The van der Waals surface area contributed by atoms with Crippen molar-refractivity contribution in [1.29, 1.82) is 0 Å². The SMILES string of the molecule is C=C/C=C\C=C/CN(C1=C(/C=C/C(=N\CCCC)C(C)(C)c2ccccc2)CC/C1=C\C=C1\N(CCCC)c2ccccc2C1(C)C)c1ccccc1. The third kappa shape index (κ3) is 9.38. The number of unbranched alkanes of at least 4 members (excludes halogenated alkanes) is 2. The van der Waals surface area contributed by atoms with Gasteiger partial charge >= 0.3 is 0 Å². The van der Waals surface area contributed by atoms with Gasteiger partial charge in [-0.15, -0.1) is 0 Å². The first kappa shape index (κ1) is 39.3. The van der Waals surface area contributed by atoms with Crippen molar-refractivity contribution in [3.8, 4) is 0 Å². The molecule has 0 saturated carbocycles. The second-order valence-electron chi connectivity index (χ2n) is 15.2. The van der Waals surface area contributed by atoms with Crippen molar-refractivity contribution in [2.75, 3.05) is 29.4 Å². The molecule has 0 atom stereocenters. The van der Waals surface area contributed by atoms with E-state index in [1.807, 2.05) is 12.2 Å². The van der Waals surface area contributed by atoms with Gasteiger partial charge in [0.25, 0.3) is 0 Å². The quantitative estimate of drug-likeness (QED) is 0.0792. The van der Waals surface area contributed by atoms with E-state index in [0.29, 0.717) is 0 Å². The summed E-state index contributed by atoms with van der Waals surface area (Å²) in [4.78, 5) is 10.3. The number of hydrogen-bond donors (Lipinski definition) is 0. The third-order valence-electron chi connectivity index (χ3n) is 10.7. The van der Waals surface area contributed by atoms with E-state index in [4.69, 9.17) is 4.99 Å². The minimum absolute atomic E-state index is 0.0845. The Hall–Kier alpha value is -4.89. The number of aliphatic imine (C=N–C) groups is 1. The molecule has 1 heterocycles. The topological polar surface area (TPSA) is 18.8 Å². The molecule has 1 aliphatic heterocycles. The first-order valence-corrected chi connectivity index (χ1v) is 19.8. The van der Waals surface area contributed by atoms with Gasteiger partial charge in [-0.25, -0.2) is 0 Å². The Labute approximate surface area is 321 Å². The number of nitrogens with zero attached hydrogens (tertiary/aromatic N) is 3. The van der Waals surface area contributed by atoms with Crippen LogP contribution >= 0.6 is 0 Å². The lowest BCUT2D eigenvalue weighted by atomic mass is 9.79. The van der Waals surface area contributed by atoms with Crippen LogP contribution in [0, 0.1) is 0 Å². The largest absolute Gasteiger partial charge is 0.344 e. The number of anilines is 2. The smallest absolute Gasteiger partial charge is 0.0479 e. The number of para-hydroxylation sites is 2. The van der Waals surface area contributed by atoms with Gasteiger partial charge in [-0.1, -0.05) is 170 Å². The molecule has 0 saturated heterocycles. The van der Waals surface area contributed by atoms with Gasteiger partial charge in [0, 0.05) is 58.9 Å². The molecule has 0 aromatic heterocycles. The van der Waals surface area contributed by atoms with Gasteiger partial charge in [0.15, 0.2) is 0 Å². The van der Waals surface area contributed by atoms with Gasteiger partial charge in [0.05, 0.1) is 0 Å². The lowest BCUT2D eigenvalue weighted by molar-refractivity contribution is 0.624. The number of allylic oxidation sites excluding steroid dienone is 11. The summed E-state index contributed by atoms with van der Waals surface area (Å²) in [6.45, 7) is 20.4. The van der Waals surface area contributed by atoms with Crippen LogP contribution in [-0.2, 0) is 10.8 Å². The number of hydrogen-bond acceptors (Lipinski definition) is 3. The van der Waals surface area contributed by atoms with Crippen LogP contribution in [0.25, 0.3) is 0 Å². The molecule has 3 nitrogen and oxygen atoms in total. The van der Waals surface area contributed by atoms with Gasteiger partial charge in [-0.2, -0.15) is 0 Å². The molecule has 3 aromatic rings. The van der Waals surface area contributed by atoms with Crippen LogP contribution < -0.4 is 9.80 Å². The fraction of sp³-hybridized carbons (Fsp3) is 0.340. The van der Waals surface area contributed by atoms with E-state index >= 15 is 0 Å². The molecular formula is C50H61N3. The van der Waals surface area contributed by atoms with Gasteiger partial charge in [-0.05, 0) is 78.3 Å². The van der Waals surface area contributed by atoms with Crippen molar-refractivity contribution in [3.05, 3.63) is 180 Å². The average Bonchev–Trinajstić information content (AvgIpc) is 3.67. The van der Waals surface area contributed by atoms with Gasteiger partial charge in [0.1, 0.15) is 0 Å². The summed E-state index contributed by atoms with van der Waals surface area (Å²) in [6, 6.07) is 30.7. The number of fused-ring (bicyclic) bond motifs is 1. The maximum atomic E-state index is 5.24. The van der Waals surface area contributed by atoms with Gasteiger partial charge in [-0.3, -0.25) is 4.99 Å². The van der Waals surface area contributed by atoms with Crippen molar-refractivity contribution in [1.82, 2.24) is 0 Å². The van der Waals surface area contributed by atoms with Crippen molar-refractivity contribution in [3.63, 3.8) is 0 Å². The molecule has 276 valence electrons. The number of benzene rings is 3. The Morgan fingerprint density at radius 3 is 2.26 bits per heavy atom. The van der Waals surface area contributed by atoms with Crippen molar-refractivity contribution in [2.24, 2.45) is 4.99 Å². The highest BCUT2D eigenvalue weighted by Crippen LogP contribution is 2.48. The highest BCUT2D eigenvalue weighted by Gasteiger charge is 2.39. The normalized spacial score (nSPS) is 17.7. The van der Waals surface area contributed by atoms with E-state index < -0.39 is 0 Å². The zero-order valence-electron chi connectivity index (χ0n) is 33.2. The molecule has 1 aliphatic carbocycles. The van der Waals surface area contributed by atoms with Crippen LogP contribution in [0.3, 0.4) is 0 Å². The molecule has 3 aromatic carbocycles. The fourth-order valence-electron chi connectivity index (χ4n) is 7.58. The molecule has 2 aliphatic rings. The van der Waals surface area contributed by atoms with Crippen molar-refractivity contribution in [2.45, 2.75) is 90.9 Å². The molecule has 0 N–H and O–H groups in total. The summed E-state index contributed by atoms with van der Waals surface area (Å²) >= 11 is 0. The number of rotatable bonds is 17. The molecule has 0 unspecified atom stereocenters. The van der Waals surface area contributed by atoms with Crippen LogP contribution in [0.2, 0.25) is 0 Å². The van der Waals surface area contributed by atoms with E-state index in [0.717, 1.165) is 57.5 Å². The third-order valence-corrected chi connectivity index (χ3v) is 10.7. The minimum atomic E-state index is -0.224. The molecule has 0 spiro atoms. The molecule has 53 heavy (non-hydrogen) atoms. The Bertz CT molecular complexity index is 1880. The molecule has 0 radical (unpaired) electrons. The first-order valence-electron chi connectivity index (χ1n) is 19.8. The van der Waals surface area contributed by atoms with Crippen LogP contribution in [0.1, 0.15) is 91.2 Å². The highest BCUT2D eigenvalue weighted by molar-refractivity contribution is 6.03. The van der Waals surface area contributed by atoms with Crippen molar-refractivity contribution >= 4 is 17.1 Å². The zero-order valence-corrected chi connectivity index (χ0v) is 33.2. The average molecular weight is 704 g/mol. The summed E-state index contributed by atoms with van der Waals surface area (Å²) in [5.74, 6) is 0. The summed E-state index contributed by atoms with van der Waals surface area (Å²) in [7, 11) is 0. The lowest BCUT2D eigenvalue weighted by Crippen LogP contribution is -2.28. The molecule has 0 bridgehead atoms. The maximum absolute atomic E-state index is 5.24. The van der Waals surface area contributed by atoms with E-state index in [2.05, 4.69) is 185 Å². The van der Waals surface area contributed by atoms with E-state index in [1.165, 1.54) is 51.5 Å². The first-order chi connectivity index (χ1) is 25.7. The summed E-state index contributed by atoms with van der Waals surface area (Å²) in [5.41, 5.74) is 11.4. The molecule has 0 amide bonds. The Balaban J connectivity index is 1.65. The predicted molar refractivity (Wildman–Crippen MR) is 232 cm³/mol. The fourth-order valence-corrected chi connectivity index (χ4v) is 7.58. The van der Waals surface area contributed by atoms with Crippen LogP contribution in [-0.4, -0.2) is 25.3 Å². The van der Waals surface area contributed by atoms with Crippen LogP contribution in [0.5, 0.6) is 0 Å². The zero-order chi connectivity index (χ0) is 37.7. The maximum Gasteiger partial charge on any atom is 0.0479 e. The highest BCUT2D eigenvalue weighted by atomic mass is 15.2. The summed E-state index contributed by atoms with van der Waals surface area (Å²) in [6.07, 6.45) is 26.3. The van der Waals surface area contributed by atoms with E-state index in [1.54, 1.807) is 0 Å². The summed E-state index contributed by atoms with van der Waals surface area (Å²) in [5, 5.41) is 0. The Morgan fingerprint density at radius 1 is 0.849 bits per heavy atom. The van der Waals surface area contributed by atoms with Gasteiger partial charge in [0.2, 0.25) is 0 Å². The predicted octanol–water partition coefficient (Wildman–Crippen LogP) is 13.0. The van der Waals surface area contributed by atoms with Gasteiger partial charge < -0.3 is 9.80 Å². The Morgan fingerprint density at radius 2 is 1.55 bits per heavy atom. The molecular weight excluding hydrogens is 643 g/mol. The standard InChI is InChI=1S/C50H61N3/c1-8-11-14-15-24-39-52(43-27-20-17-21-28-43)48-40(33-35-46(51-37-12-9-2)49(4,5)42-25-18-16-19-26-42)31-32-41(48)34-36-47-50(6,7)44-29-22-23-30-45(44)53(47)38-13-10-3/h8,11,14-30,33-36H,1,9-10,12-13,31-32,37-39H2,2-7H3/b14-11-,24-15-,35-33+,41-34+,47-36+,51-46+. The van der Waals surface area contributed by atoms with Crippen LogP contribution in [0.15, 0.2) is 174 Å². The van der Waals surface area contributed by atoms with Crippen molar-refractivity contribution < 1.29 is 0 Å². The molecule has 3 heteroatoms. The Kier molecular flexibility index (Phi) is 13.9. The lowest BCUT2D eigenvalue weighted by Gasteiger charge is -2.29. The molecule has 5 rings (SSSR count).